The zero-order chi connectivity index (χ0) is 13.6. The van der Waals surface area contributed by atoms with E-state index in [1.807, 2.05) is 31.3 Å². The van der Waals surface area contributed by atoms with Crippen molar-refractivity contribution in [3.8, 4) is 11.3 Å². The van der Waals surface area contributed by atoms with Crippen molar-refractivity contribution in [2.75, 3.05) is 5.73 Å². The molecule has 19 heavy (non-hydrogen) atoms. The van der Waals surface area contributed by atoms with E-state index < -0.39 is 0 Å². The Morgan fingerprint density at radius 3 is 2.68 bits per heavy atom. The van der Waals surface area contributed by atoms with Gasteiger partial charge in [-0.15, -0.1) is 0 Å². The standard InChI is InChI=1S/C15H14BrN3/c1-9-7-11(16)3-4-13(9)15-14-8-12(17)5-6-19(14)10(2)18-15/h3-8H,17H2,1-2H3. The lowest BCUT2D eigenvalue weighted by molar-refractivity contribution is 1.05. The fourth-order valence-corrected chi connectivity index (χ4v) is 2.82. The molecule has 0 saturated carbocycles. The Morgan fingerprint density at radius 2 is 1.95 bits per heavy atom. The van der Waals surface area contributed by atoms with E-state index >= 15 is 0 Å². The molecule has 0 atom stereocenters. The van der Waals surface area contributed by atoms with Gasteiger partial charge in [-0.1, -0.05) is 22.0 Å². The number of aryl methyl sites for hydroxylation is 2. The number of nitrogen functional groups attached to an aromatic ring is 1. The molecular weight excluding hydrogens is 302 g/mol. The van der Waals surface area contributed by atoms with E-state index in [0.29, 0.717) is 0 Å². The summed E-state index contributed by atoms with van der Waals surface area (Å²) in [5.41, 5.74) is 11.0. The van der Waals surface area contributed by atoms with E-state index in [0.717, 1.165) is 32.8 Å². The smallest absolute Gasteiger partial charge is 0.110 e. The first-order chi connectivity index (χ1) is 9.06. The minimum atomic E-state index is 0.753. The first-order valence-corrected chi connectivity index (χ1v) is 6.86. The highest BCUT2D eigenvalue weighted by molar-refractivity contribution is 9.10. The maximum atomic E-state index is 5.89. The second-order valence-corrected chi connectivity index (χ2v) is 5.60. The highest BCUT2D eigenvalue weighted by atomic mass is 79.9. The molecule has 0 fully saturated rings. The molecule has 1 aromatic carbocycles. The molecule has 0 aliphatic carbocycles. The third kappa shape index (κ3) is 2.02. The predicted octanol–water partition coefficient (Wildman–Crippen LogP) is 3.96. The van der Waals surface area contributed by atoms with Crippen LogP contribution in [0.4, 0.5) is 5.69 Å². The van der Waals surface area contributed by atoms with Crippen LogP contribution in [0.2, 0.25) is 0 Å². The van der Waals surface area contributed by atoms with Crippen molar-refractivity contribution in [2.24, 2.45) is 0 Å². The van der Waals surface area contributed by atoms with Crippen molar-refractivity contribution in [3.63, 3.8) is 0 Å². The first-order valence-electron chi connectivity index (χ1n) is 6.07. The summed E-state index contributed by atoms with van der Waals surface area (Å²) in [5, 5.41) is 0. The zero-order valence-electron chi connectivity index (χ0n) is 10.8. The minimum absolute atomic E-state index is 0.753. The van der Waals surface area contributed by atoms with Crippen molar-refractivity contribution in [3.05, 3.63) is 52.4 Å². The number of hydrogen-bond acceptors (Lipinski definition) is 2. The predicted molar refractivity (Wildman–Crippen MR) is 82.2 cm³/mol. The number of halogens is 1. The molecule has 3 aromatic rings. The average molecular weight is 316 g/mol. The van der Waals surface area contributed by atoms with Gasteiger partial charge in [0.2, 0.25) is 0 Å². The average Bonchev–Trinajstić information content (AvgIpc) is 2.66. The molecule has 3 rings (SSSR count). The fraction of sp³-hybridized carbons (Fsp3) is 0.133. The van der Waals surface area contributed by atoms with Crippen LogP contribution in [0.15, 0.2) is 41.0 Å². The molecule has 0 amide bonds. The third-order valence-electron chi connectivity index (χ3n) is 3.29. The Labute approximate surface area is 120 Å². The van der Waals surface area contributed by atoms with Crippen molar-refractivity contribution in [1.82, 2.24) is 9.38 Å². The van der Waals surface area contributed by atoms with E-state index in [-0.39, 0.29) is 0 Å². The van der Waals surface area contributed by atoms with Gasteiger partial charge in [-0.25, -0.2) is 4.98 Å². The molecule has 2 aromatic heterocycles. The van der Waals surface area contributed by atoms with Crippen LogP contribution in [0, 0.1) is 13.8 Å². The van der Waals surface area contributed by atoms with Crippen LogP contribution in [0.5, 0.6) is 0 Å². The summed E-state index contributed by atoms with van der Waals surface area (Å²) in [7, 11) is 0. The molecule has 2 heterocycles. The van der Waals surface area contributed by atoms with E-state index in [1.54, 1.807) is 0 Å². The molecule has 3 nitrogen and oxygen atoms in total. The summed E-state index contributed by atoms with van der Waals surface area (Å²) in [6.45, 7) is 4.09. The summed E-state index contributed by atoms with van der Waals surface area (Å²) in [5.74, 6) is 0.965. The van der Waals surface area contributed by atoms with Crippen molar-refractivity contribution in [1.29, 1.82) is 0 Å². The van der Waals surface area contributed by atoms with Crippen LogP contribution >= 0.6 is 15.9 Å². The number of hydrogen-bond donors (Lipinski definition) is 1. The zero-order valence-corrected chi connectivity index (χ0v) is 12.4. The molecule has 0 spiro atoms. The van der Waals surface area contributed by atoms with Gasteiger partial charge >= 0.3 is 0 Å². The number of anilines is 1. The second kappa shape index (κ2) is 4.38. The monoisotopic (exact) mass is 315 g/mol. The van der Waals surface area contributed by atoms with Crippen molar-refractivity contribution >= 4 is 27.1 Å². The van der Waals surface area contributed by atoms with Gasteiger partial charge in [0.05, 0.1) is 11.2 Å². The quantitative estimate of drug-likeness (QED) is 0.738. The first kappa shape index (κ1) is 12.2. The van der Waals surface area contributed by atoms with Crippen LogP contribution in [0.3, 0.4) is 0 Å². The maximum absolute atomic E-state index is 5.89. The highest BCUT2D eigenvalue weighted by Crippen LogP contribution is 2.30. The summed E-state index contributed by atoms with van der Waals surface area (Å²) < 4.78 is 3.14. The van der Waals surface area contributed by atoms with Crippen LogP contribution in [-0.4, -0.2) is 9.38 Å². The number of nitrogens with two attached hydrogens (primary N) is 1. The number of rotatable bonds is 1. The normalized spacial score (nSPS) is 11.1. The van der Waals surface area contributed by atoms with Crippen LogP contribution < -0.4 is 5.73 Å². The largest absolute Gasteiger partial charge is 0.399 e. The van der Waals surface area contributed by atoms with Crippen molar-refractivity contribution in [2.45, 2.75) is 13.8 Å². The van der Waals surface area contributed by atoms with Gasteiger partial charge in [0.1, 0.15) is 5.82 Å². The van der Waals surface area contributed by atoms with E-state index in [9.17, 15) is 0 Å². The molecule has 0 radical (unpaired) electrons. The summed E-state index contributed by atoms with van der Waals surface area (Å²) in [4.78, 5) is 4.68. The lowest BCUT2D eigenvalue weighted by atomic mass is 10.1. The van der Waals surface area contributed by atoms with Gasteiger partial charge in [0, 0.05) is 21.9 Å². The molecule has 0 aliphatic heterocycles. The van der Waals surface area contributed by atoms with Crippen LogP contribution in [-0.2, 0) is 0 Å². The number of benzene rings is 1. The van der Waals surface area contributed by atoms with Gasteiger partial charge in [-0.05, 0) is 43.7 Å². The molecule has 0 unspecified atom stereocenters. The fourth-order valence-electron chi connectivity index (χ4n) is 2.34. The maximum Gasteiger partial charge on any atom is 0.110 e. The minimum Gasteiger partial charge on any atom is -0.399 e. The SMILES string of the molecule is Cc1cc(Br)ccc1-c1nc(C)n2ccc(N)cc12. The Kier molecular flexibility index (Phi) is 2.82. The Morgan fingerprint density at radius 1 is 1.16 bits per heavy atom. The Hall–Kier alpha value is -1.81. The number of aromatic nitrogens is 2. The Balaban J connectivity index is 2.33. The van der Waals surface area contributed by atoms with E-state index in [1.165, 1.54) is 5.56 Å². The second-order valence-electron chi connectivity index (χ2n) is 4.68. The highest BCUT2D eigenvalue weighted by Gasteiger charge is 2.12. The van der Waals surface area contributed by atoms with Crippen LogP contribution in [0.25, 0.3) is 16.8 Å². The van der Waals surface area contributed by atoms with E-state index in [4.69, 9.17) is 5.73 Å². The summed E-state index contributed by atoms with van der Waals surface area (Å²) in [6.07, 6.45) is 1.96. The molecular formula is C15H14BrN3. The number of imidazole rings is 1. The molecule has 2 N–H and O–H groups in total. The van der Waals surface area contributed by atoms with Crippen molar-refractivity contribution < 1.29 is 0 Å². The number of pyridine rings is 1. The lowest BCUT2D eigenvalue weighted by Crippen LogP contribution is -1.90. The van der Waals surface area contributed by atoms with Gasteiger partial charge in [0.15, 0.2) is 0 Å². The molecule has 0 bridgehead atoms. The third-order valence-corrected chi connectivity index (χ3v) is 3.78. The molecule has 96 valence electrons. The van der Waals surface area contributed by atoms with Gasteiger partial charge in [-0.2, -0.15) is 0 Å². The topological polar surface area (TPSA) is 43.3 Å². The number of nitrogens with zero attached hydrogens (tertiary/aromatic N) is 2. The van der Waals surface area contributed by atoms with E-state index in [2.05, 4.69) is 44.4 Å². The van der Waals surface area contributed by atoms with Gasteiger partial charge in [0.25, 0.3) is 0 Å². The van der Waals surface area contributed by atoms with Crippen LogP contribution in [0.1, 0.15) is 11.4 Å². The Bertz CT molecular complexity index is 774. The lowest BCUT2D eigenvalue weighted by Gasteiger charge is -2.05. The molecule has 0 aliphatic rings. The van der Waals surface area contributed by atoms with Gasteiger partial charge in [-0.3, -0.25) is 0 Å². The summed E-state index contributed by atoms with van der Waals surface area (Å²) >= 11 is 3.49. The molecule has 4 heteroatoms. The molecule has 0 saturated heterocycles. The number of fused-ring (bicyclic) bond motifs is 1. The summed E-state index contributed by atoms with van der Waals surface area (Å²) in [6, 6.07) is 10.1. The van der Waals surface area contributed by atoms with Gasteiger partial charge < -0.3 is 10.1 Å².